The van der Waals surface area contributed by atoms with Crippen molar-refractivity contribution in [3.8, 4) is 5.75 Å². The van der Waals surface area contributed by atoms with Crippen LogP contribution in [-0.2, 0) is 6.54 Å². The Balaban J connectivity index is 2.57. The zero-order valence-electron chi connectivity index (χ0n) is 8.43. The standard InChI is InChI=1S/C11H14FNO/c1-7-5-13-6-8-10(14-2)4-3-9(12)11(7)8/h3-4,7,13H,5-6H2,1-2H3. The predicted octanol–water partition coefficient (Wildman–Crippen LogP) is 2.04. The molecule has 1 atom stereocenters. The molecule has 2 nitrogen and oxygen atoms in total. The summed E-state index contributed by atoms with van der Waals surface area (Å²) in [4.78, 5) is 0. The van der Waals surface area contributed by atoms with Gasteiger partial charge in [0.1, 0.15) is 11.6 Å². The molecule has 1 aromatic carbocycles. The summed E-state index contributed by atoms with van der Waals surface area (Å²) in [6.45, 7) is 3.55. The Hall–Kier alpha value is -1.09. The number of rotatable bonds is 1. The van der Waals surface area contributed by atoms with Crippen molar-refractivity contribution >= 4 is 0 Å². The van der Waals surface area contributed by atoms with E-state index in [0.717, 1.165) is 23.4 Å². The molecule has 1 aliphatic rings. The molecule has 1 N–H and O–H groups in total. The molecule has 1 heterocycles. The van der Waals surface area contributed by atoms with Crippen LogP contribution in [0.5, 0.6) is 5.75 Å². The lowest BCUT2D eigenvalue weighted by Crippen LogP contribution is -2.28. The molecule has 3 heteroatoms. The summed E-state index contributed by atoms with van der Waals surface area (Å²) in [6.07, 6.45) is 0. The summed E-state index contributed by atoms with van der Waals surface area (Å²) in [6, 6.07) is 3.17. The Labute approximate surface area is 83.1 Å². The van der Waals surface area contributed by atoms with Crippen molar-refractivity contribution in [1.82, 2.24) is 5.32 Å². The Morgan fingerprint density at radius 2 is 2.29 bits per heavy atom. The van der Waals surface area contributed by atoms with Gasteiger partial charge in [-0.25, -0.2) is 4.39 Å². The lowest BCUT2D eigenvalue weighted by atomic mass is 9.91. The third-order valence-corrected chi connectivity index (χ3v) is 2.73. The molecule has 0 aliphatic carbocycles. The number of hydrogen-bond donors (Lipinski definition) is 1. The van der Waals surface area contributed by atoms with Gasteiger partial charge in [-0.1, -0.05) is 6.92 Å². The first-order valence-corrected chi connectivity index (χ1v) is 4.80. The minimum absolute atomic E-state index is 0.116. The molecular weight excluding hydrogens is 181 g/mol. The Morgan fingerprint density at radius 1 is 1.50 bits per heavy atom. The van der Waals surface area contributed by atoms with E-state index in [-0.39, 0.29) is 11.7 Å². The zero-order valence-corrected chi connectivity index (χ0v) is 8.43. The van der Waals surface area contributed by atoms with E-state index in [9.17, 15) is 4.39 Å². The van der Waals surface area contributed by atoms with Crippen LogP contribution in [0.1, 0.15) is 24.0 Å². The second-order valence-corrected chi connectivity index (χ2v) is 3.67. The number of methoxy groups -OCH3 is 1. The molecule has 0 saturated carbocycles. The van der Waals surface area contributed by atoms with Gasteiger partial charge < -0.3 is 10.1 Å². The Morgan fingerprint density at radius 3 is 3.00 bits per heavy atom. The molecule has 76 valence electrons. The number of hydrogen-bond acceptors (Lipinski definition) is 2. The van der Waals surface area contributed by atoms with E-state index in [4.69, 9.17) is 4.74 Å². The van der Waals surface area contributed by atoms with E-state index >= 15 is 0 Å². The van der Waals surface area contributed by atoms with E-state index in [1.807, 2.05) is 6.92 Å². The highest BCUT2D eigenvalue weighted by atomic mass is 19.1. The van der Waals surface area contributed by atoms with Crippen molar-refractivity contribution in [3.63, 3.8) is 0 Å². The maximum atomic E-state index is 13.6. The van der Waals surface area contributed by atoms with Gasteiger partial charge in [0.05, 0.1) is 7.11 Å². The molecule has 1 unspecified atom stereocenters. The summed E-state index contributed by atoms with van der Waals surface area (Å²) in [5.41, 5.74) is 1.77. The van der Waals surface area contributed by atoms with Gasteiger partial charge in [-0.15, -0.1) is 0 Å². The van der Waals surface area contributed by atoms with Crippen LogP contribution >= 0.6 is 0 Å². The van der Waals surface area contributed by atoms with Crippen molar-refractivity contribution in [2.45, 2.75) is 19.4 Å². The number of fused-ring (bicyclic) bond motifs is 1. The maximum absolute atomic E-state index is 13.6. The molecule has 1 aliphatic heterocycles. The van der Waals surface area contributed by atoms with Crippen LogP contribution < -0.4 is 10.1 Å². The van der Waals surface area contributed by atoms with E-state index in [1.54, 1.807) is 13.2 Å². The average molecular weight is 195 g/mol. The van der Waals surface area contributed by atoms with Gasteiger partial charge in [-0.3, -0.25) is 0 Å². The van der Waals surface area contributed by atoms with Gasteiger partial charge in [-0.05, 0) is 18.1 Å². The molecule has 0 spiro atoms. The van der Waals surface area contributed by atoms with Gasteiger partial charge in [0.2, 0.25) is 0 Å². The van der Waals surface area contributed by atoms with Crippen LogP contribution in [0, 0.1) is 5.82 Å². The van der Waals surface area contributed by atoms with E-state index < -0.39 is 0 Å². The molecular formula is C11H14FNO. The summed E-state index contributed by atoms with van der Waals surface area (Å²) >= 11 is 0. The van der Waals surface area contributed by atoms with Crippen LogP contribution in [0.4, 0.5) is 4.39 Å². The van der Waals surface area contributed by atoms with E-state index in [1.165, 1.54) is 6.07 Å². The fraction of sp³-hybridized carbons (Fsp3) is 0.455. The van der Waals surface area contributed by atoms with Crippen molar-refractivity contribution in [2.75, 3.05) is 13.7 Å². The molecule has 0 bridgehead atoms. The van der Waals surface area contributed by atoms with Gasteiger partial charge >= 0.3 is 0 Å². The number of nitrogens with one attached hydrogen (secondary N) is 1. The monoisotopic (exact) mass is 195 g/mol. The van der Waals surface area contributed by atoms with Crippen molar-refractivity contribution in [3.05, 3.63) is 29.1 Å². The van der Waals surface area contributed by atoms with Crippen LogP contribution in [0.25, 0.3) is 0 Å². The SMILES string of the molecule is COc1ccc(F)c2c1CNCC2C. The maximum Gasteiger partial charge on any atom is 0.127 e. The molecule has 0 aromatic heterocycles. The molecule has 0 amide bonds. The minimum Gasteiger partial charge on any atom is -0.496 e. The first-order valence-electron chi connectivity index (χ1n) is 4.80. The van der Waals surface area contributed by atoms with E-state index in [0.29, 0.717) is 6.54 Å². The lowest BCUT2D eigenvalue weighted by molar-refractivity contribution is 0.398. The van der Waals surface area contributed by atoms with E-state index in [2.05, 4.69) is 5.32 Å². The topological polar surface area (TPSA) is 21.3 Å². The summed E-state index contributed by atoms with van der Waals surface area (Å²) < 4.78 is 18.8. The molecule has 1 aromatic rings. The number of ether oxygens (including phenoxy) is 1. The van der Waals surface area contributed by atoms with Crippen LogP contribution in [0.15, 0.2) is 12.1 Å². The van der Waals surface area contributed by atoms with Gasteiger partial charge in [0.25, 0.3) is 0 Å². The summed E-state index contributed by atoms with van der Waals surface area (Å²) in [7, 11) is 1.62. The highest BCUT2D eigenvalue weighted by Crippen LogP contribution is 2.32. The largest absolute Gasteiger partial charge is 0.496 e. The summed E-state index contributed by atoms with van der Waals surface area (Å²) in [5.74, 6) is 0.879. The van der Waals surface area contributed by atoms with Crippen LogP contribution in [0.2, 0.25) is 0 Å². The van der Waals surface area contributed by atoms with Crippen molar-refractivity contribution in [1.29, 1.82) is 0 Å². The molecule has 0 radical (unpaired) electrons. The second-order valence-electron chi connectivity index (χ2n) is 3.67. The molecule has 0 saturated heterocycles. The number of benzene rings is 1. The molecule has 2 rings (SSSR count). The van der Waals surface area contributed by atoms with Crippen molar-refractivity contribution in [2.24, 2.45) is 0 Å². The summed E-state index contributed by atoms with van der Waals surface area (Å²) in [5, 5.41) is 3.25. The second kappa shape index (κ2) is 3.58. The third-order valence-electron chi connectivity index (χ3n) is 2.73. The smallest absolute Gasteiger partial charge is 0.127 e. The first kappa shape index (κ1) is 9.46. The quantitative estimate of drug-likeness (QED) is 0.740. The number of halogens is 1. The Kier molecular flexibility index (Phi) is 2.42. The lowest BCUT2D eigenvalue weighted by Gasteiger charge is -2.25. The van der Waals surface area contributed by atoms with Crippen LogP contribution in [0.3, 0.4) is 0 Å². The zero-order chi connectivity index (χ0) is 10.1. The fourth-order valence-electron chi connectivity index (χ4n) is 2.04. The average Bonchev–Trinajstić information content (AvgIpc) is 2.18. The molecule has 0 fully saturated rings. The predicted molar refractivity (Wildman–Crippen MR) is 53.1 cm³/mol. The highest BCUT2D eigenvalue weighted by molar-refractivity contribution is 5.44. The highest BCUT2D eigenvalue weighted by Gasteiger charge is 2.22. The third kappa shape index (κ3) is 1.38. The Bertz CT molecular complexity index is 351. The van der Waals surface area contributed by atoms with Crippen molar-refractivity contribution < 1.29 is 9.13 Å². The van der Waals surface area contributed by atoms with Crippen LogP contribution in [-0.4, -0.2) is 13.7 Å². The molecule has 14 heavy (non-hydrogen) atoms. The first-order chi connectivity index (χ1) is 6.74. The van der Waals surface area contributed by atoms with Gasteiger partial charge in [0, 0.05) is 24.2 Å². The fourth-order valence-corrected chi connectivity index (χ4v) is 2.04. The van der Waals surface area contributed by atoms with Gasteiger partial charge in [0.15, 0.2) is 0 Å². The van der Waals surface area contributed by atoms with Gasteiger partial charge in [-0.2, -0.15) is 0 Å². The normalized spacial score (nSPS) is 20.4. The minimum atomic E-state index is -0.116.